The highest BCUT2D eigenvalue weighted by molar-refractivity contribution is 6.31. The number of hydrogen-bond acceptors (Lipinski definition) is 8. The molecule has 202 valence electrons. The second-order valence-corrected chi connectivity index (χ2v) is 10.7. The molecule has 3 aliphatic carbocycles. The summed E-state index contributed by atoms with van der Waals surface area (Å²) < 4.78 is 13.3. The fourth-order valence-electron chi connectivity index (χ4n) is 6.32. The Bertz CT molecular complexity index is 1480. The number of halogens is 1. The Morgan fingerprint density at radius 1 is 1.08 bits per heavy atom. The number of anilines is 1. The van der Waals surface area contributed by atoms with Crippen molar-refractivity contribution in [3.63, 3.8) is 0 Å². The zero-order valence-electron chi connectivity index (χ0n) is 21.3. The van der Waals surface area contributed by atoms with Crippen molar-refractivity contribution in [1.29, 1.82) is 0 Å². The molecule has 10 heteroatoms. The molecule has 2 saturated carbocycles. The van der Waals surface area contributed by atoms with Gasteiger partial charge in [0.15, 0.2) is 34.7 Å². The third-order valence-electron chi connectivity index (χ3n) is 8.22. The summed E-state index contributed by atoms with van der Waals surface area (Å²) in [6, 6.07) is 7.38. The van der Waals surface area contributed by atoms with Crippen LogP contribution in [0.5, 0.6) is 5.75 Å². The first kappa shape index (κ1) is 26.4. The number of aliphatic hydroxyl groups is 1. The normalized spacial score (nSPS) is 28.2. The molecule has 39 heavy (non-hydrogen) atoms. The van der Waals surface area contributed by atoms with Gasteiger partial charge in [0.25, 0.3) is 0 Å². The highest BCUT2D eigenvalue weighted by atomic mass is 19.1. The maximum absolute atomic E-state index is 13.9. The quantitative estimate of drug-likeness (QED) is 0.396. The number of nitrogens with zero attached hydrogens (tertiary/aromatic N) is 1. The van der Waals surface area contributed by atoms with Crippen LogP contribution in [0.15, 0.2) is 30.3 Å². The van der Waals surface area contributed by atoms with Crippen molar-refractivity contribution in [2.75, 3.05) is 19.0 Å². The Kier molecular flexibility index (Phi) is 6.26. The number of Topliss-reactive ketones (excluding diaryl/α,β-unsaturated/α-hetero) is 4. The van der Waals surface area contributed by atoms with Gasteiger partial charge in [0.1, 0.15) is 11.6 Å². The van der Waals surface area contributed by atoms with Crippen LogP contribution in [-0.2, 0) is 25.6 Å². The molecular formula is C29H27FN2O7. The summed E-state index contributed by atoms with van der Waals surface area (Å²) >= 11 is 0. The van der Waals surface area contributed by atoms with Crippen molar-refractivity contribution < 1.29 is 38.6 Å². The molecule has 0 aliphatic heterocycles. The number of fused-ring (bicyclic) bond motifs is 3. The van der Waals surface area contributed by atoms with Crippen LogP contribution >= 0.6 is 0 Å². The number of rotatable bonds is 4. The Hall–Kier alpha value is -4.18. The molecule has 5 rings (SSSR count). The average Bonchev–Trinajstić information content (AvgIpc) is 2.86. The number of hydrogen-bond donors (Lipinski definition) is 3. The van der Waals surface area contributed by atoms with E-state index in [0.717, 1.165) is 0 Å². The van der Waals surface area contributed by atoms with E-state index in [-0.39, 0.29) is 36.1 Å². The van der Waals surface area contributed by atoms with E-state index in [1.807, 2.05) is 0 Å². The summed E-state index contributed by atoms with van der Waals surface area (Å²) in [5, 5.41) is 22.6. The molecule has 0 radical (unpaired) electrons. The summed E-state index contributed by atoms with van der Waals surface area (Å²) in [6.07, 6.45) is 3.03. The summed E-state index contributed by atoms with van der Waals surface area (Å²) in [4.78, 5) is 66.7. The van der Waals surface area contributed by atoms with Crippen LogP contribution in [0.1, 0.15) is 39.9 Å². The molecule has 9 nitrogen and oxygen atoms in total. The highest BCUT2D eigenvalue weighted by Crippen LogP contribution is 2.51. The maximum atomic E-state index is 13.9. The zero-order valence-corrected chi connectivity index (χ0v) is 21.3. The number of carbonyl (C=O) groups excluding carboxylic acids is 5. The van der Waals surface area contributed by atoms with Crippen LogP contribution in [0, 0.1) is 29.5 Å². The van der Waals surface area contributed by atoms with Gasteiger partial charge in [0.2, 0.25) is 5.91 Å². The van der Waals surface area contributed by atoms with Crippen LogP contribution in [0.2, 0.25) is 0 Å². The lowest BCUT2D eigenvalue weighted by Gasteiger charge is -2.48. The first-order valence-electron chi connectivity index (χ1n) is 12.5. The Balaban J connectivity index is 1.59. The summed E-state index contributed by atoms with van der Waals surface area (Å²) in [7, 11) is 3.54. The van der Waals surface area contributed by atoms with Gasteiger partial charge >= 0.3 is 0 Å². The molecule has 4 N–H and O–H groups in total. The van der Waals surface area contributed by atoms with Gasteiger partial charge in [-0.2, -0.15) is 0 Å². The number of amides is 1. The fourth-order valence-corrected chi connectivity index (χ4v) is 6.32. The summed E-state index contributed by atoms with van der Waals surface area (Å²) in [5.41, 5.74) is 4.53. The predicted molar refractivity (Wildman–Crippen MR) is 138 cm³/mol. The van der Waals surface area contributed by atoms with E-state index in [4.69, 9.17) is 5.73 Å². The molecule has 0 heterocycles. The Labute approximate surface area is 223 Å². The molecule has 0 aromatic heterocycles. The van der Waals surface area contributed by atoms with Gasteiger partial charge in [0.05, 0.1) is 11.5 Å². The lowest BCUT2D eigenvalue weighted by molar-refractivity contribution is -0.175. The SMILES string of the molecule is CN(C)c1cc(C=Cc2ccc(F)cc2)c(O)c2c1C[C@H]1C[C@H]3CC(=O)C(C(N)=O)C(=O)[C@@]3(O)C(=O)C1C2=O. The highest BCUT2D eigenvalue weighted by Gasteiger charge is 2.66. The van der Waals surface area contributed by atoms with Gasteiger partial charge in [-0.1, -0.05) is 24.3 Å². The largest absolute Gasteiger partial charge is 0.507 e. The van der Waals surface area contributed by atoms with Crippen LogP contribution in [0.25, 0.3) is 12.2 Å². The average molecular weight is 535 g/mol. The number of phenols is 1. The molecule has 2 aromatic carbocycles. The molecule has 2 aromatic rings. The standard InChI is InChI=1S/C29H27FN2O7/c1-32(2)19-11-14(6-3-13-4-7-17(30)8-5-13)24(34)22-18(19)10-15-9-16-12-20(33)23(28(31)38)27(37)29(16,39)26(36)21(15)25(22)35/h3-8,11,15-16,21,23,34,39H,9-10,12H2,1-2H3,(H2,31,38)/t15-,16+,21?,23?,29+/m1/s1. The molecule has 2 unspecified atom stereocenters. The zero-order chi connectivity index (χ0) is 28.4. The molecule has 0 bridgehead atoms. The minimum atomic E-state index is -2.69. The number of benzene rings is 2. The van der Waals surface area contributed by atoms with E-state index in [0.29, 0.717) is 16.8 Å². The van der Waals surface area contributed by atoms with Gasteiger partial charge in [0, 0.05) is 37.7 Å². The molecule has 0 spiro atoms. The molecule has 3 aliphatic rings. The summed E-state index contributed by atoms with van der Waals surface area (Å²) in [6.45, 7) is 0. The van der Waals surface area contributed by atoms with Crippen molar-refractivity contribution in [1.82, 2.24) is 0 Å². The van der Waals surface area contributed by atoms with E-state index in [9.17, 15) is 38.6 Å². The van der Waals surface area contributed by atoms with Crippen LogP contribution in [-0.4, -0.2) is 58.9 Å². The van der Waals surface area contributed by atoms with Crippen LogP contribution in [0.4, 0.5) is 10.1 Å². The van der Waals surface area contributed by atoms with Crippen molar-refractivity contribution in [3.05, 3.63) is 58.4 Å². The number of aromatic hydroxyl groups is 1. The van der Waals surface area contributed by atoms with E-state index < -0.39 is 64.1 Å². The number of carbonyl (C=O) groups is 5. The second-order valence-electron chi connectivity index (χ2n) is 10.7. The second kappa shape index (κ2) is 9.23. The lowest BCUT2D eigenvalue weighted by atomic mass is 9.53. The van der Waals surface area contributed by atoms with E-state index in [1.54, 1.807) is 49.3 Å². The fraction of sp³-hybridized carbons (Fsp3) is 0.345. The first-order valence-corrected chi connectivity index (χ1v) is 12.5. The molecule has 5 atom stereocenters. The van der Waals surface area contributed by atoms with E-state index >= 15 is 0 Å². The predicted octanol–water partition coefficient (Wildman–Crippen LogP) is 1.70. The smallest absolute Gasteiger partial charge is 0.235 e. The molecule has 0 saturated heterocycles. The van der Waals surface area contributed by atoms with Crippen molar-refractivity contribution >= 4 is 46.9 Å². The van der Waals surface area contributed by atoms with E-state index in [1.165, 1.54) is 12.1 Å². The molecule has 1 amide bonds. The Morgan fingerprint density at radius 2 is 1.74 bits per heavy atom. The van der Waals surface area contributed by atoms with Crippen LogP contribution < -0.4 is 10.6 Å². The first-order chi connectivity index (χ1) is 18.4. The summed E-state index contributed by atoms with van der Waals surface area (Å²) in [5.74, 6) is -10.9. The van der Waals surface area contributed by atoms with Gasteiger partial charge in [-0.05, 0) is 48.1 Å². The number of ketones is 4. The third kappa shape index (κ3) is 3.97. The van der Waals surface area contributed by atoms with Crippen molar-refractivity contribution in [2.45, 2.75) is 24.9 Å². The van der Waals surface area contributed by atoms with Gasteiger partial charge in [-0.25, -0.2) is 4.39 Å². The van der Waals surface area contributed by atoms with Crippen molar-refractivity contribution in [3.8, 4) is 5.75 Å². The van der Waals surface area contributed by atoms with Gasteiger partial charge in [-0.15, -0.1) is 0 Å². The number of nitrogens with two attached hydrogens (primary N) is 1. The van der Waals surface area contributed by atoms with Crippen molar-refractivity contribution in [2.24, 2.45) is 29.4 Å². The minimum Gasteiger partial charge on any atom is -0.507 e. The van der Waals surface area contributed by atoms with Gasteiger partial charge in [-0.3, -0.25) is 24.0 Å². The number of primary amides is 1. The molecule has 2 fully saturated rings. The van der Waals surface area contributed by atoms with E-state index in [2.05, 4.69) is 0 Å². The topological polar surface area (TPSA) is 155 Å². The third-order valence-corrected chi connectivity index (χ3v) is 8.22. The van der Waals surface area contributed by atoms with Gasteiger partial charge < -0.3 is 20.8 Å². The maximum Gasteiger partial charge on any atom is 0.235 e. The van der Waals surface area contributed by atoms with Crippen LogP contribution in [0.3, 0.4) is 0 Å². The lowest BCUT2D eigenvalue weighted by Crippen LogP contribution is -2.68. The monoisotopic (exact) mass is 534 g/mol. The number of phenolic OH excluding ortho intramolecular Hbond substituents is 1. The minimum absolute atomic E-state index is 0.0287. The Morgan fingerprint density at radius 3 is 2.36 bits per heavy atom. The molecular weight excluding hydrogens is 507 g/mol.